The molecule has 22 heavy (non-hydrogen) atoms. The van der Waals surface area contributed by atoms with Gasteiger partial charge in [0.05, 0.1) is 12.6 Å². The van der Waals surface area contributed by atoms with E-state index in [1.165, 1.54) is 0 Å². The van der Waals surface area contributed by atoms with Gasteiger partial charge in [-0.05, 0) is 24.3 Å². The van der Waals surface area contributed by atoms with E-state index in [1.807, 2.05) is 24.3 Å². The minimum Gasteiger partial charge on any atom is -0.493 e. The standard InChI is InChI=1S/C17H15NO4/c19-17(11-5-6-15-16(9-11)22-10-21-15)18-13-7-8-20-14-4-2-1-3-12(13)14/h1-6,9,13H,7-8,10H2,(H,18,19)/t13-/m0/s1. The van der Waals surface area contributed by atoms with Gasteiger partial charge >= 0.3 is 0 Å². The highest BCUT2D eigenvalue weighted by Crippen LogP contribution is 2.34. The Morgan fingerprint density at radius 2 is 1.86 bits per heavy atom. The molecular weight excluding hydrogens is 282 g/mol. The predicted molar refractivity (Wildman–Crippen MR) is 79.3 cm³/mol. The Bertz CT molecular complexity index is 728. The van der Waals surface area contributed by atoms with Crippen LogP contribution < -0.4 is 19.5 Å². The van der Waals surface area contributed by atoms with Crippen LogP contribution in [0.4, 0.5) is 0 Å². The number of carbonyl (C=O) groups is 1. The minimum atomic E-state index is -0.125. The number of nitrogens with one attached hydrogen (secondary N) is 1. The van der Waals surface area contributed by atoms with E-state index in [1.54, 1.807) is 18.2 Å². The maximum Gasteiger partial charge on any atom is 0.251 e. The van der Waals surface area contributed by atoms with Crippen molar-refractivity contribution in [2.75, 3.05) is 13.4 Å². The summed E-state index contributed by atoms with van der Waals surface area (Å²) in [5, 5.41) is 3.07. The third-order valence-corrected chi connectivity index (χ3v) is 3.90. The Hall–Kier alpha value is -2.69. The van der Waals surface area contributed by atoms with Crippen molar-refractivity contribution in [3.8, 4) is 17.2 Å². The van der Waals surface area contributed by atoms with Crippen LogP contribution in [0.5, 0.6) is 17.2 Å². The largest absolute Gasteiger partial charge is 0.493 e. The maximum atomic E-state index is 12.5. The quantitative estimate of drug-likeness (QED) is 0.926. The number of rotatable bonds is 2. The third-order valence-electron chi connectivity index (χ3n) is 3.90. The summed E-state index contributed by atoms with van der Waals surface area (Å²) in [6.45, 7) is 0.802. The molecule has 0 saturated carbocycles. The molecule has 1 atom stereocenters. The van der Waals surface area contributed by atoms with Gasteiger partial charge in [0.2, 0.25) is 6.79 Å². The fraction of sp³-hybridized carbons (Fsp3) is 0.235. The van der Waals surface area contributed by atoms with Crippen molar-refractivity contribution in [3.63, 3.8) is 0 Å². The molecule has 2 aliphatic rings. The summed E-state index contributed by atoms with van der Waals surface area (Å²) >= 11 is 0. The zero-order valence-electron chi connectivity index (χ0n) is 11.9. The summed E-state index contributed by atoms with van der Waals surface area (Å²) in [6, 6.07) is 13.0. The summed E-state index contributed by atoms with van der Waals surface area (Å²) in [6.07, 6.45) is 0.757. The normalized spacial score (nSPS) is 18.3. The summed E-state index contributed by atoms with van der Waals surface area (Å²) in [5.74, 6) is 2.00. The highest BCUT2D eigenvalue weighted by molar-refractivity contribution is 5.95. The van der Waals surface area contributed by atoms with Gasteiger partial charge in [-0.15, -0.1) is 0 Å². The van der Waals surface area contributed by atoms with Crippen LogP contribution in [0.1, 0.15) is 28.4 Å². The molecule has 0 bridgehead atoms. The first-order chi connectivity index (χ1) is 10.8. The molecule has 4 rings (SSSR count). The zero-order valence-corrected chi connectivity index (χ0v) is 11.9. The molecule has 0 spiro atoms. The van der Waals surface area contributed by atoms with E-state index in [4.69, 9.17) is 14.2 Å². The molecule has 2 aromatic rings. The smallest absolute Gasteiger partial charge is 0.251 e. The minimum absolute atomic E-state index is 0.0390. The van der Waals surface area contributed by atoms with Gasteiger partial charge in [-0.25, -0.2) is 0 Å². The Morgan fingerprint density at radius 3 is 2.82 bits per heavy atom. The van der Waals surface area contributed by atoms with Gasteiger partial charge in [0.1, 0.15) is 5.75 Å². The van der Waals surface area contributed by atoms with Crippen LogP contribution >= 0.6 is 0 Å². The molecule has 2 aliphatic heterocycles. The van der Waals surface area contributed by atoms with Crippen LogP contribution in [-0.2, 0) is 0 Å². The fourth-order valence-corrected chi connectivity index (χ4v) is 2.77. The van der Waals surface area contributed by atoms with Gasteiger partial charge in [-0.2, -0.15) is 0 Å². The first kappa shape index (κ1) is 13.0. The Labute approximate surface area is 127 Å². The molecule has 0 fully saturated rings. The number of para-hydroxylation sites is 1. The van der Waals surface area contributed by atoms with Crippen molar-refractivity contribution >= 4 is 5.91 Å². The van der Waals surface area contributed by atoms with E-state index in [2.05, 4.69) is 5.32 Å². The summed E-state index contributed by atoms with van der Waals surface area (Å²) in [7, 11) is 0. The van der Waals surface area contributed by atoms with Gasteiger partial charge < -0.3 is 19.5 Å². The van der Waals surface area contributed by atoms with Gasteiger partial charge in [-0.1, -0.05) is 18.2 Å². The molecule has 5 nitrogen and oxygen atoms in total. The summed E-state index contributed by atoms with van der Waals surface area (Å²) in [4.78, 5) is 12.5. The van der Waals surface area contributed by atoms with Crippen LogP contribution in [0.2, 0.25) is 0 Å². The number of benzene rings is 2. The lowest BCUT2D eigenvalue weighted by Crippen LogP contribution is -2.32. The van der Waals surface area contributed by atoms with Crippen molar-refractivity contribution < 1.29 is 19.0 Å². The second kappa shape index (κ2) is 5.26. The van der Waals surface area contributed by atoms with E-state index in [-0.39, 0.29) is 18.7 Å². The van der Waals surface area contributed by atoms with E-state index < -0.39 is 0 Å². The number of hydrogen-bond donors (Lipinski definition) is 1. The highest BCUT2D eigenvalue weighted by atomic mass is 16.7. The third kappa shape index (κ3) is 2.24. The van der Waals surface area contributed by atoms with Crippen LogP contribution in [0.25, 0.3) is 0 Å². The Kier molecular flexibility index (Phi) is 3.11. The van der Waals surface area contributed by atoms with Crippen molar-refractivity contribution in [1.29, 1.82) is 0 Å². The van der Waals surface area contributed by atoms with E-state index in [9.17, 15) is 4.79 Å². The van der Waals surface area contributed by atoms with Crippen molar-refractivity contribution in [1.82, 2.24) is 5.32 Å². The number of ether oxygens (including phenoxy) is 3. The lowest BCUT2D eigenvalue weighted by atomic mass is 10.00. The fourth-order valence-electron chi connectivity index (χ4n) is 2.77. The van der Waals surface area contributed by atoms with Crippen molar-refractivity contribution in [2.24, 2.45) is 0 Å². The molecule has 0 aromatic heterocycles. The van der Waals surface area contributed by atoms with Crippen LogP contribution in [-0.4, -0.2) is 19.3 Å². The van der Waals surface area contributed by atoms with Gasteiger partial charge in [0.15, 0.2) is 11.5 Å². The van der Waals surface area contributed by atoms with Crippen LogP contribution in [0.3, 0.4) is 0 Å². The lowest BCUT2D eigenvalue weighted by molar-refractivity contribution is 0.0924. The molecule has 5 heteroatoms. The second-order valence-electron chi connectivity index (χ2n) is 5.27. The number of hydrogen-bond acceptors (Lipinski definition) is 4. The lowest BCUT2D eigenvalue weighted by Gasteiger charge is -2.26. The molecule has 1 N–H and O–H groups in total. The van der Waals surface area contributed by atoms with E-state index >= 15 is 0 Å². The number of amides is 1. The average Bonchev–Trinajstić information content (AvgIpc) is 3.02. The number of carbonyl (C=O) groups excluding carboxylic acids is 1. The predicted octanol–water partition coefficient (Wildman–Crippen LogP) is 2.67. The van der Waals surface area contributed by atoms with E-state index in [0.29, 0.717) is 23.7 Å². The highest BCUT2D eigenvalue weighted by Gasteiger charge is 2.24. The first-order valence-electron chi connectivity index (χ1n) is 7.23. The molecule has 0 radical (unpaired) electrons. The molecule has 2 aromatic carbocycles. The molecule has 0 unspecified atom stereocenters. The van der Waals surface area contributed by atoms with Crippen LogP contribution in [0, 0.1) is 0 Å². The molecule has 112 valence electrons. The number of fused-ring (bicyclic) bond motifs is 2. The average molecular weight is 297 g/mol. The first-order valence-corrected chi connectivity index (χ1v) is 7.23. The van der Waals surface area contributed by atoms with Crippen molar-refractivity contribution in [3.05, 3.63) is 53.6 Å². The van der Waals surface area contributed by atoms with Crippen LogP contribution in [0.15, 0.2) is 42.5 Å². The zero-order chi connectivity index (χ0) is 14.9. The molecular formula is C17H15NO4. The molecule has 1 amide bonds. The van der Waals surface area contributed by atoms with Crippen molar-refractivity contribution in [2.45, 2.75) is 12.5 Å². The second-order valence-corrected chi connectivity index (χ2v) is 5.27. The van der Waals surface area contributed by atoms with E-state index in [0.717, 1.165) is 17.7 Å². The summed E-state index contributed by atoms with van der Waals surface area (Å²) in [5.41, 5.74) is 1.58. The van der Waals surface area contributed by atoms with Gasteiger partial charge in [0, 0.05) is 17.5 Å². The maximum absolute atomic E-state index is 12.5. The van der Waals surface area contributed by atoms with Gasteiger partial charge in [0.25, 0.3) is 5.91 Å². The Balaban J connectivity index is 1.55. The summed E-state index contributed by atoms with van der Waals surface area (Å²) < 4.78 is 16.2. The Morgan fingerprint density at radius 1 is 1.00 bits per heavy atom. The molecule has 0 aliphatic carbocycles. The SMILES string of the molecule is O=C(N[C@H]1CCOc2ccccc21)c1ccc2c(c1)OCO2. The molecule has 2 heterocycles. The van der Waals surface area contributed by atoms with Gasteiger partial charge in [-0.3, -0.25) is 4.79 Å². The monoisotopic (exact) mass is 297 g/mol. The topological polar surface area (TPSA) is 56.8 Å². The molecule has 0 saturated heterocycles.